The van der Waals surface area contributed by atoms with Crippen molar-refractivity contribution in [2.24, 2.45) is 0 Å². The first-order chi connectivity index (χ1) is 13.8. The van der Waals surface area contributed by atoms with E-state index in [0.29, 0.717) is 11.3 Å². The summed E-state index contributed by atoms with van der Waals surface area (Å²) in [5, 5.41) is 14.9. The van der Waals surface area contributed by atoms with Crippen LogP contribution in [0.1, 0.15) is 11.1 Å². The zero-order valence-corrected chi connectivity index (χ0v) is 16.4. The number of hydrogen-bond donors (Lipinski definition) is 3. The number of aromatic hydroxyl groups is 1. The highest BCUT2D eigenvalue weighted by Crippen LogP contribution is 2.35. The number of aryl methyl sites for hydroxylation is 1. The Balaban J connectivity index is 1.75. The van der Waals surface area contributed by atoms with Gasteiger partial charge >= 0.3 is 6.03 Å². The van der Waals surface area contributed by atoms with Crippen LogP contribution < -0.4 is 15.4 Å². The molecule has 0 atom stereocenters. The third-order valence-corrected chi connectivity index (χ3v) is 4.44. The molecule has 2 aromatic carbocycles. The average molecular weight is 416 g/mol. The van der Waals surface area contributed by atoms with E-state index in [0.717, 1.165) is 10.5 Å². The molecule has 9 heteroatoms. The highest BCUT2D eigenvalue weighted by molar-refractivity contribution is 6.32. The molecule has 2 aromatic rings. The summed E-state index contributed by atoms with van der Waals surface area (Å²) in [5.41, 5.74) is 1.94. The van der Waals surface area contributed by atoms with E-state index >= 15 is 0 Å². The Morgan fingerprint density at radius 2 is 2.07 bits per heavy atom. The first kappa shape index (κ1) is 20.2. The predicted octanol–water partition coefficient (Wildman–Crippen LogP) is 2.89. The van der Waals surface area contributed by atoms with Crippen molar-refractivity contribution in [1.29, 1.82) is 0 Å². The Morgan fingerprint density at radius 1 is 1.31 bits per heavy atom. The number of carbonyl (C=O) groups excluding carboxylic acids is 3. The molecule has 3 N–H and O–H groups in total. The van der Waals surface area contributed by atoms with E-state index in [1.165, 1.54) is 25.3 Å². The van der Waals surface area contributed by atoms with E-state index in [4.69, 9.17) is 16.3 Å². The van der Waals surface area contributed by atoms with Crippen molar-refractivity contribution < 1.29 is 24.2 Å². The fourth-order valence-corrected chi connectivity index (χ4v) is 3.00. The van der Waals surface area contributed by atoms with Gasteiger partial charge in [0, 0.05) is 5.69 Å². The molecule has 0 bridgehead atoms. The molecule has 1 fully saturated rings. The number of rotatable bonds is 5. The number of halogens is 1. The lowest BCUT2D eigenvalue weighted by Gasteiger charge is -2.12. The quantitative estimate of drug-likeness (QED) is 0.514. The zero-order chi connectivity index (χ0) is 21.1. The number of phenols is 1. The van der Waals surface area contributed by atoms with Crippen molar-refractivity contribution in [2.75, 3.05) is 19.0 Å². The number of carbonyl (C=O) groups is 3. The summed E-state index contributed by atoms with van der Waals surface area (Å²) in [6.45, 7) is 1.45. The molecule has 0 unspecified atom stereocenters. The molecule has 0 radical (unpaired) electrons. The first-order valence-electron chi connectivity index (χ1n) is 8.56. The molecule has 1 aliphatic heterocycles. The van der Waals surface area contributed by atoms with Gasteiger partial charge in [0.1, 0.15) is 12.2 Å². The standard InChI is InChI=1S/C20H18ClN3O5/c1-11-4-3-5-13(6-11)22-17(25)10-24-19(27)15(23-20(24)28)8-12-7-14(21)18(26)16(9-12)29-2/h3-9,26H,10H2,1-2H3,(H,22,25)(H,23,28)/b15-8+. The normalized spacial score (nSPS) is 14.9. The fraction of sp³-hybridized carbons (Fsp3) is 0.150. The van der Waals surface area contributed by atoms with Crippen molar-refractivity contribution in [3.05, 3.63) is 58.2 Å². The highest BCUT2D eigenvalue weighted by atomic mass is 35.5. The molecule has 150 valence electrons. The molecule has 1 heterocycles. The van der Waals surface area contributed by atoms with Crippen molar-refractivity contribution in [3.63, 3.8) is 0 Å². The number of nitrogens with zero attached hydrogens (tertiary/aromatic N) is 1. The Kier molecular flexibility index (Phi) is 5.74. The minimum atomic E-state index is -0.711. The molecule has 0 saturated carbocycles. The number of nitrogens with one attached hydrogen (secondary N) is 2. The lowest BCUT2D eigenvalue weighted by molar-refractivity contribution is -0.127. The summed E-state index contributed by atoms with van der Waals surface area (Å²) in [5.74, 6) is -1.27. The molecule has 29 heavy (non-hydrogen) atoms. The Labute approximate surface area is 171 Å². The number of imide groups is 1. The Bertz CT molecular complexity index is 1030. The second kappa shape index (κ2) is 8.24. The molecule has 3 rings (SSSR count). The van der Waals surface area contributed by atoms with Gasteiger partial charge in [-0.15, -0.1) is 0 Å². The van der Waals surface area contributed by atoms with E-state index in [9.17, 15) is 19.5 Å². The van der Waals surface area contributed by atoms with Gasteiger partial charge in [-0.05, 0) is 48.4 Å². The van der Waals surface area contributed by atoms with E-state index in [-0.39, 0.29) is 22.2 Å². The van der Waals surface area contributed by atoms with Crippen LogP contribution in [-0.4, -0.2) is 41.5 Å². The number of anilines is 1. The van der Waals surface area contributed by atoms with Gasteiger partial charge in [-0.1, -0.05) is 23.7 Å². The maximum absolute atomic E-state index is 12.5. The van der Waals surface area contributed by atoms with E-state index in [1.54, 1.807) is 18.2 Å². The number of ether oxygens (including phenoxy) is 1. The summed E-state index contributed by atoms with van der Waals surface area (Å²) < 4.78 is 5.02. The summed E-state index contributed by atoms with van der Waals surface area (Å²) >= 11 is 5.94. The molecule has 0 aliphatic carbocycles. The van der Waals surface area contributed by atoms with Gasteiger partial charge < -0.3 is 20.5 Å². The summed E-state index contributed by atoms with van der Waals surface area (Å²) in [4.78, 5) is 37.7. The number of benzene rings is 2. The molecular formula is C20H18ClN3O5. The summed E-state index contributed by atoms with van der Waals surface area (Å²) in [6.07, 6.45) is 1.38. The van der Waals surface area contributed by atoms with Crippen LogP contribution in [0.2, 0.25) is 5.02 Å². The van der Waals surface area contributed by atoms with Gasteiger partial charge in [0.15, 0.2) is 11.5 Å². The largest absolute Gasteiger partial charge is 0.503 e. The maximum atomic E-state index is 12.5. The van der Waals surface area contributed by atoms with Gasteiger partial charge in [-0.2, -0.15) is 0 Å². The summed E-state index contributed by atoms with van der Waals surface area (Å²) in [7, 11) is 1.36. The predicted molar refractivity (Wildman–Crippen MR) is 108 cm³/mol. The lowest BCUT2D eigenvalue weighted by Crippen LogP contribution is -2.38. The van der Waals surface area contributed by atoms with E-state index in [1.807, 2.05) is 13.0 Å². The Morgan fingerprint density at radius 3 is 2.76 bits per heavy atom. The smallest absolute Gasteiger partial charge is 0.329 e. The molecule has 1 saturated heterocycles. The lowest BCUT2D eigenvalue weighted by atomic mass is 10.1. The third-order valence-electron chi connectivity index (χ3n) is 4.15. The zero-order valence-electron chi connectivity index (χ0n) is 15.7. The SMILES string of the molecule is COc1cc(/C=C2/NC(=O)N(CC(=O)Nc3cccc(C)c3)C2=O)cc(Cl)c1O. The minimum absolute atomic E-state index is 0.0258. The second-order valence-corrected chi connectivity index (χ2v) is 6.76. The van der Waals surface area contributed by atoms with Gasteiger partial charge in [-0.3, -0.25) is 9.59 Å². The van der Waals surface area contributed by atoms with Crippen LogP contribution >= 0.6 is 11.6 Å². The molecule has 4 amide bonds. The van der Waals surface area contributed by atoms with Gasteiger partial charge in [-0.25, -0.2) is 9.69 Å². The van der Waals surface area contributed by atoms with Crippen LogP contribution in [0.3, 0.4) is 0 Å². The van der Waals surface area contributed by atoms with Crippen molar-refractivity contribution in [3.8, 4) is 11.5 Å². The number of phenolic OH excluding ortho intramolecular Hbond substituents is 1. The molecule has 1 aliphatic rings. The fourth-order valence-electron chi connectivity index (χ4n) is 2.78. The van der Waals surface area contributed by atoms with Crippen LogP contribution in [0, 0.1) is 6.92 Å². The second-order valence-electron chi connectivity index (χ2n) is 6.35. The van der Waals surface area contributed by atoms with Gasteiger partial charge in [0.25, 0.3) is 5.91 Å². The first-order valence-corrected chi connectivity index (χ1v) is 8.94. The maximum Gasteiger partial charge on any atom is 0.329 e. The average Bonchev–Trinajstić information content (AvgIpc) is 2.92. The van der Waals surface area contributed by atoms with Crippen LogP contribution in [0.25, 0.3) is 6.08 Å². The van der Waals surface area contributed by atoms with E-state index in [2.05, 4.69) is 10.6 Å². The minimum Gasteiger partial charge on any atom is -0.503 e. The van der Waals surface area contributed by atoms with Crippen LogP contribution in [-0.2, 0) is 9.59 Å². The van der Waals surface area contributed by atoms with Gasteiger partial charge in [0.05, 0.1) is 12.1 Å². The molecule has 0 spiro atoms. The van der Waals surface area contributed by atoms with Crippen molar-refractivity contribution in [1.82, 2.24) is 10.2 Å². The van der Waals surface area contributed by atoms with Crippen molar-refractivity contribution in [2.45, 2.75) is 6.92 Å². The monoisotopic (exact) mass is 415 g/mol. The Hall–Kier alpha value is -3.52. The number of amides is 4. The molecule has 8 nitrogen and oxygen atoms in total. The van der Waals surface area contributed by atoms with E-state index < -0.39 is 24.4 Å². The van der Waals surface area contributed by atoms with Crippen LogP contribution in [0.4, 0.5) is 10.5 Å². The number of methoxy groups -OCH3 is 1. The van der Waals surface area contributed by atoms with Crippen LogP contribution in [0.5, 0.6) is 11.5 Å². The molecule has 0 aromatic heterocycles. The van der Waals surface area contributed by atoms with Gasteiger partial charge in [0.2, 0.25) is 5.91 Å². The third kappa shape index (κ3) is 4.49. The number of urea groups is 1. The topological polar surface area (TPSA) is 108 Å². The summed E-state index contributed by atoms with van der Waals surface area (Å²) in [6, 6.07) is 9.32. The van der Waals surface area contributed by atoms with Crippen molar-refractivity contribution >= 4 is 41.2 Å². The molecular weight excluding hydrogens is 398 g/mol. The highest BCUT2D eigenvalue weighted by Gasteiger charge is 2.35. The van der Waals surface area contributed by atoms with Crippen LogP contribution in [0.15, 0.2) is 42.1 Å². The number of hydrogen-bond acceptors (Lipinski definition) is 5.